The third-order valence-electron chi connectivity index (χ3n) is 8.48. The second-order valence-corrected chi connectivity index (χ2v) is 14.9. The molecule has 0 fully saturated rings. The van der Waals surface area contributed by atoms with Gasteiger partial charge in [-0.25, -0.2) is 0 Å². The Bertz CT molecular complexity index is 595. The molecule has 42 heavy (non-hydrogen) atoms. The molecule has 0 bridgehead atoms. The molecule has 0 aromatic rings. The average molecular weight is 616 g/mol. The molecule has 0 heterocycles. The lowest BCUT2D eigenvalue weighted by molar-refractivity contribution is -0.121. The topological polar surface area (TPSA) is 75.6 Å². The van der Waals surface area contributed by atoms with Crippen molar-refractivity contribution in [3.05, 3.63) is 0 Å². The van der Waals surface area contributed by atoms with E-state index in [1.165, 1.54) is 167 Å². The van der Waals surface area contributed by atoms with Crippen LogP contribution in [0.5, 0.6) is 0 Å². The van der Waals surface area contributed by atoms with Gasteiger partial charge in [0.05, 0.1) is 6.61 Å². The van der Waals surface area contributed by atoms with Crippen molar-refractivity contribution in [2.75, 3.05) is 19.8 Å². The Morgan fingerprint density at radius 1 is 0.524 bits per heavy atom. The van der Waals surface area contributed by atoms with E-state index in [1.807, 2.05) is 0 Å². The molecule has 0 aliphatic carbocycles. The number of carbonyl (C=O) groups is 1. The Morgan fingerprint density at radius 3 is 1.19 bits per heavy atom. The first-order chi connectivity index (χ1) is 20.5. The van der Waals surface area contributed by atoms with E-state index < -0.39 is 7.60 Å². The van der Waals surface area contributed by atoms with Gasteiger partial charge in [0, 0.05) is 19.6 Å². The molecule has 0 saturated heterocycles. The Labute approximate surface area is 263 Å². The van der Waals surface area contributed by atoms with Gasteiger partial charge in [-0.1, -0.05) is 180 Å². The van der Waals surface area contributed by atoms with Gasteiger partial charge in [-0.15, -0.1) is 0 Å². The summed E-state index contributed by atoms with van der Waals surface area (Å²) in [5.41, 5.74) is 0. The molecule has 252 valence electrons. The van der Waals surface area contributed by atoms with Crippen molar-refractivity contribution in [3.8, 4) is 0 Å². The minimum absolute atomic E-state index is 0.176. The number of nitrogens with one attached hydrogen (secondary N) is 1. The molecule has 0 saturated carbocycles. The summed E-state index contributed by atoms with van der Waals surface area (Å²) in [5, 5.41) is 3.01. The van der Waals surface area contributed by atoms with Crippen LogP contribution in [0.25, 0.3) is 0 Å². The molecule has 1 unspecified atom stereocenters. The van der Waals surface area contributed by atoms with Gasteiger partial charge in [0.2, 0.25) is 5.91 Å². The molecule has 6 heteroatoms. The minimum atomic E-state index is -3.34. The number of amides is 1. The van der Waals surface area contributed by atoms with Crippen LogP contribution in [-0.4, -0.2) is 30.6 Å². The Hall–Kier alpha value is -0.380. The lowest BCUT2D eigenvalue weighted by Gasteiger charge is -2.07. The van der Waals surface area contributed by atoms with E-state index in [0.717, 1.165) is 38.6 Å². The van der Waals surface area contributed by atoms with Crippen LogP contribution in [0, 0.1) is 0 Å². The van der Waals surface area contributed by atoms with Gasteiger partial charge >= 0.3 is 7.60 Å². The lowest BCUT2D eigenvalue weighted by atomic mass is 10.0. The monoisotopic (exact) mass is 616 g/mol. The first-order valence-electron chi connectivity index (χ1n) is 18.7. The standard InChI is InChI=1S/C36H74NO4P/c1-3-4-5-6-7-8-9-10-11-12-13-14-15-16-17-18-19-20-21-22-23-24-25-26-27-30-33-36(38)37-34-31-28-29-32-35-41-42(2,39)40/h3-35H2,1-2H3,(H,37,38)(H,39,40). The number of unbranched alkanes of at least 4 members (excludes halogenated alkanes) is 28. The Kier molecular flexibility index (Phi) is 33.2. The summed E-state index contributed by atoms with van der Waals surface area (Å²) in [7, 11) is -3.34. The zero-order valence-corrected chi connectivity index (χ0v) is 29.3. The van der Waals surface area contributed by atoms with Crippen LogP contribution in [0.3, 0.4) is 0 Å². The maximum atomic E-state index is 11.9. The molecule has 0 aliphatic rings. The van der Waals surface area contributed by atoms with Crippen LogP contribution in [0.15, 0.2) is 0 Å². The summed E-state index contributed by atoms with van der Waals surface area (Å²) in [6.45, 7) is 4.57. The predicted octanol–water partition coefficient (Wildman–Crippen LogP) is 12.0. The van der Waals surface area contributed by atoms with E-state index in [9.17, 15) is 9.36 Å². The zero-order valence-electron chi connectivity index (χ0n) is 28.5. The van der Waals surface area contributed by atoms with Crippen LogP contribution < -0.4 is 5.32 Å². The maximum absolute atomic E-state index is 11.9. The molecule has 1 atom stereocenters. The molecule has 0 aromatic heterocycles. The third-order valence-corrected chi connectivity index (χ3v) is 9.14. The van der Waals surface area contributed by atoms with Crippen LogP contribution >= 0.6 is 7.60 Å². The second-order valence-electron chi connectivity index (χ2n) is 13.0. The molecule has 5 nitrogen and oxygen atoms in total. The van der Waals surface area contributed by atoms with Gasteiger partial charge in [0.25, 0.3) is 0 Å². The van der Waals surface area contributed by atoms with Crippen LogP contribution in [0.2, 0.25) is 0 Å². The highest BCUT2D eigenvalue weighted by Crippen LogP contribution is 2.36. The van der Waals surface area contributed by atoms with Crippen molar-refractivity contribution in [2.45, 2.75) is 206 Å². The third kappa shape index (κ3) is 37.6. The van der Waals surface area contributed by atoms with Crippen LogP contribution in [-0.2, 0) is 13.9 Å². The second kappa shape index (κ2) is 33.5. The minimum Gasteiger partial charge on any atom is -0.356 e. The molecule has 0 radical (unpaired) electrons. The van der Waals surface area contributed by atoms with Crippen molar-refractivity contribution in [2.24, 2.45) is 0 Å². The molecule has 2 N–H and O–H groups in total. The number of hydrogen-bond donors (Lipinski definition) is 2. The first kappa shape index (κ1) is 41.6. The predicted molar refractivity (Wildman–Crippen MR) is 184 cm³/mol. The molecule has 0 rings (SSSR count). The number of carbonyl (C=O) groups excluding carboxylic acids is 1. The first-order valence-corrected chi connectivity index (χ1v) is 20.7. The van der Waals surface area contributed by atoms with Crippen molar-refractivity contribution in [1.29, 1.82) is 0 Å². The smallest absolute Gasteiger partial charge is 0.325 e. The normalized spacial score (nSPS) is 12.9. The van der Waals surface area contributed by atoms with E-state index in [1.54, 1.807) is 0 Å². The highest BCUT2D eigenvalue weighted by atomic mass is 31.2. The van der Waals surface area contributed by atoms with E-state index in [-0.39, 0.29) is 5.91 Å². The highest BCUT2D eigenvalue weighted by molar-refractivity contribution is 7.51. The quantitative estimate of drug-likeness (QED) is 0.0549. The lowest BCUT2D eigenvalue weighted by Crippen LogP contribution is -2.23. The van der Waals surface area contributed by atoms with E-state index in [2.05, 4.69) is 12.2 Å². The fourth-order valence-corrected chi connectivity index (χ4v) is 6.20. The molecule has 0 aromatic carbocycles. The van der Waals surface area contributed by atoms with Gasteiger partial charge in [0.15, 0.2) is 0 Å². The molecular formula is C36H74NO4P. The van der Waals surface area contributed by atoms with Gasteiger partial charge in [-0.05, 0) is 19.3 Å². The SMILES string of the molecule is CCCCCCCCCCCCCCCCCCCCCCCCCCCCC(=O)NCCCCCCOP(C)(=O)O. The summed E-state index contributed by atoms with van der Waals surface area (Å²) in [4.78, 5) is 21.0. The van der Waals surface area contributed by atoms with Crippen molar-refractivity contribution in [3.63, 3.8) is 0 Å². The van der Waals surface area contributed by atoms with Gasteiger partial charge in [-0.2, -0.15) is 0 Å². The average Bonchev–Trinajstić information content (AvgIpc) is 2.95. The summed E-state index contributed by atoms with van der Waals surface area (Å²) in [5.74, 6) is 0.176. The van der Waals surface area contributed by atoms with E-state index in [4.69, 9.17) is 9.42 Å². The Morgan fingerprint density at radius 2 is 0.833 bits per heavy atom. The highest BCUT2D eigenvalue weighted by Gasteiger charge is 2.08. The zero-order chi connectivity index (χ0) is 30.8. The maximum Gasteiger partial charge on any atom is 0.325 e. The summed E-state index contributed by atoms with van der Waals surface area (Å²) in [6, 6.07) is 0. The summed E-state index contributed by atoms with van der Waals surface area (Å²) >= 11 is 0. The van der Waals surface area contributed by atoms with Gasteiger partial charge < -0.3 is 14.7 Å². The van der Waals surface area contributed by atoms with Gasteiger partial charge in [0.1, 0.15) is 0 Å². The molecule has 0 aliphatic heterocycles. The van der Waals surface area contributed by atoms with E-state index in [0.29, 0.717) is 13.0 Å². The number of hydrogen-bond acceptors (Lipinski definition) is 3. The largest absolute Gasteiger partial charge is 0.356 e. The summed E-state index contributed by atoms with van der Waals surface area (Å²) in [6.07, 6.45) is 40.7. The van der Waals surface area contributed by atoms with Crippen LogP contribution in [0.1, 0.15) is 206 Å². The summed E-state index contributed by atoms with van der Waals surface area (Å²) < 4.78 is 15.9. The Balaban J connectivity index is 3.14. The van der Waals surface area contributed by atoms with Crippen molar-refractivity contribution < 1.29 is 18.8 Å². The molecular weight excluding hydrogens is 541 g/mol. The van der Waals surface area contributed by atoms with Crippen LogP contribution in [0.4, 0.5) is 0 Å². The molecule has 0 spiro atoms. The van der Waals surface area contributed by atoms with Crippen molar-refractivity contribution in [1.82, 2.24) is 5.32 Å². The van der Waals surface area contributed by atoms with Gasteiger partial charge in [-0.3, -0.25) is 9.36 Å². The fraction of sp³-hybridized carbons (Fsp3) is 0.972. The van der Waals surface area contributed by atoms with E-state index >= 15 is 0 Å². The number of rotatable bonds is 35. The fourth-order valence-electron chi connectivity index (χ4n) is 5.73. The molecule has 1 amide bonds. The van der Waals surface area contributed by atoms with Crippen molar-refractivity contribution >= 4 is 13.5 Å².